The summed E-state index contributed by atoms with van der Waals surface area (Å²) >= 11 is 3.40. The zero-order valence-electron chi connectivity index (χ0n) is 13.5. The summed E-state index contributed by atoms with van der Waals surface area (Å²) in [4.78, 5) is 28.4. The summed E-state index contributed by atoms with van der Waals surface area (Å²) in [5.74, 6) is -0.0642. The van der Waals surface area contributed by atoms with E-state index in [1.807, 2.05) is 31.3 Å². The first-order chi connectivity index (χ1) is 11.5. The number of hydrogen-bond donors (Lipinski definition) is 0. The van der Waals surface area contributed by atoms with Crippen LogP contribution in [0.4, 0.5) is 0 Å². The van der Waals surface area contributed by atoms with Gasteiger partial charge in [0.15, 0.2) is 0 Å². The second kappa shape index (κ2) is 7.27. The van der Waals surface area contributed by atoms with Gasteiger partial charge in [0.05, 0.1) is 5.69 Å². The van der Waals surface area contributed by atoms with Crippen molar-refractivity contribution >= 4 is 21.8 Å². The highest BCUT2D eigenvalue weighted by atomic mass is 79.9. The van der Waals surface area contributed by atoms with E-state index in [1.54, 1.807) is 11.0 Å². The van der Waals surface area contributed by atoms with Crippen LogP contribution in [-0.4, -0.2) is 58.7 Å². The maximum absolute atomic E-state index is 12.4. The number of rotatable bonds is 3. The van der Waals surface area contributed by atoms with Crippen molar-refractivity contribution in [3.05, 3.63) is 51.2 Å². The van der Waals surface area contributed by atoms with Gasteiger partial charge in [-0.1, -0.05) is 28.1 Å². The Morgan fingerprint density at radius 3 is 2.42 bits per heavy atom. The smallest absolute Gasteiger partial charge is 0.267 e. The third-order valence-corrected chi connectivity index (χ3v) is 4.68. The Hall–Kier alpha value is -1.99. The average molecular weight is 391 g/mol. The number of carbonyl (C=O) groups excluding carboxylic acids is 1. The number of nitrogens with zero attached hydrogens (tertiary/aromatic N) is 4. The number of carbonyl (C=O) groups is 1. The van der Waals surface area contributed by atoms with Crippen molar-refractivity contribution in [1.29, 1.82) is 0 Å². The van der Waals surface area contributed by atoms with Crippen LogP contribution < -0.4 is 5.56 Å². The molecule has 1 aliphatic rings. The molecule has 1 amide bonds. The SMILES string of the molecule is CN1CCN(C(=O)Cn2nc(-c3ccc(Br)cc3)ccc2=O)CC1. The first-order valence-electron chi connectivity index (χ1n) is 7.83. The van der Waals surface area contributed by atoms with Gasteiger partial charge in [0.2, 0.25) is 5.91 Å². The minimum absolute atomic E-state index is 0.0209. The van der Waals surface area contributed by atoms with E-state index in [0.717, 1.165) is 23.1 Å². The number of likely N-dealkylation sites (N-methyl/N-ethyl adjacent to an activating group) is 1. The zero-order valence-corrected chi connectivity index (χ0v) is 15.1. The van der Waals surface area contributed by atoms with E-state index in [-0.39, 0.29) is 18.0 Å². The van der Waals surface area contributed by atoms with Crippen LogP contribution in [0.25, 0.3) is 11.3 Å². The van der Waals surface area contributed by atoms with Crippen molar-refractivity contribution < 1.29 is 4.79 Å². The molecule has 0 N–H and O–H groups in total. The minimum atomic E-state index is -0.265. The van der Waals surface area contributed by atoms with Crippen molar-refractivity contribution in [2.24, 2.45) is 0 Å². The predicted molar refractivity (Wildman–Crippen MR) is 95.7 cm³/mol. The van der Waals surface area contributed by atoms with Crippen LogP contribution in [-0.2, 0) is 11.3 Å². The van der Waals surface area contributed by atoms with E-state index < -0.39 is 0 Å². The van der Waals surface area contributed by atoms with Crippen LogP contribution in [0, 0.1) is 0 Å². The van der Waals surface area contributed by atoms with Gasteiger partial charge in [-0.15, -0.1) is 0 Å². The molecule has 6 nitrogen and oxygen atoms in total. The molecule has 1 aromatic carbocycles. The van der Waals surface area contributed by atoms with Crippen molar-refractivity contribution in [3.8, 4) is 11.3 Å². The fourth-order valence-electron chi connectivity index (χ4n) is 2.62. The lowest BCUT2D eigenvalue weighted by Crippen LogP contribution is -2.48. The maximum Gasteiger partial charge on any atom is 0.267 e. The number of aromatic nitrogens is 2. The van der Waals surface area contributed by atoms with Crippen LogP contribution in [0.5, 0.6) is 0 Å². The predicted octanol–water partition coefficient (Wildman–Crippen LogP) is 1.45. The van der Waals surface area contributed by atoms with Crippen molar-refractivity contribution in [2.45, 2.75) is 6.54 Å². The van der Waals surface area contributed by atoms with E-state index in [4.69, 9.17) is 0 Å². The molecular formula is C17H19BrN4O2. The molecule has 0 atom stereocenters. The van der Waals surface area contributed by atoms with E-state index in [2.05, 4.69) is 25.9 Å². The van der Waals surface area contributed by atoms with Gasteiger partial charge in [-0.3, -0.25) is 9.59 Å². The standard InChI is InChI=1S/C17H19BrN4O2/c1-20-8-10-21(11-9-20)17(24)12-22-16(23)7-6-15(19-22)13-2-4-14(18)5-3-13/h2-7H,8-12H2,1H3. The Morgan fingerprint density at radius 2 is 1.75 bits per heavy atom. The molecule has 2 aromatic rings. The minimum Gasteiger partial charge on any atom is -0.339 e. The normalized spacial score (nSPS) is 15.5. The monoisotopic (exact) mass is 390 g/mol. The molecule has 0 bridgehead atoms. The third kappa shape index (κ3) is 3.91. The van der Waals surface area contributed by atoms with Gasteiger partial charge in [0.1, 0.15) is 6.54 Å². The van der Waals surface area contributed by atoms with Gasteiger partial charge in [-0.05, 0) is 25.2 Å². The lowest BCUT2D eigenvalue weighted by atomic mass is 10.1. The third-order valence-electron chi connectivity index (χ3n) is 4.15. The molecule has 0 radical (unpaired) electrons. The molecule has 0 unspecified atom stereocenters. The Morgan fingerprint density at radius 1 is 1.08 bits per heavy atom. The Labute approximate surface area is 148 Å². The van der Waals surface area contributed by atoms with E-state index in [9.17, 15) is 9.59 Å². The molecule has 2 heterocycles. The van der Waals surface area contributed by atoms with Crippen molar-refractivity contribution in [2.75, 3.05) is 33.2 Å². The maximum atomic E-state index is 12.4. The highest BCUT2D eigenvalue weighted by molar-refractivity contribution is 9.10. The first-order valence-corrected chi connectivity index (χ1v) is 8.63. The summed E-state index contributed by atoms with van der Waals surface area (Å²) in [6.07, 6.45) is 0. The highest BCUT2D eigenvalue weighted by Crippen LogP contribution is 2.18. The topological polar surface area (TPSA) is 58.4 Å². The molecule has 1 fully saturated rings. The Balaban J connectivity index is 1.78. The van der Waals surface area contributed by atoms with Crippen LogP contribution in [0.3, 0.4) is 0 Å². The van der Waals surface area contributed by atoms with Gasteiger partial charge >= 0.3 is 0 Å². The summed E-state index contributed by atoms with van der Waals surface area (Å²) in [6.45, 7) is 3.07. The van der Waals surface area contributed by atoms with Crippen LogP contribution in [0.15, 0.2) is 45.7 Å². The quantitative estimate of drug-likeness (QED) is 0.795. The van der Waals surface area contributed by atoms with E-state index in [1.165, 1.54) is 10.7 Å². The number of halogens is 1. The average Bonchev–Trinajstić information content (AvgIpc) is 2.58. The molecule has 3 rings (SSSR count). The lowest BCUT2D eigenvalue weighted by molar-refractivity contribution is -0.133. The molecule has 1 aromatic heterocycles. The Kier molecular flexibility index (Phi) is 5.11. The second-order valence-electron chi connectivity index (χ2n) is 5.91. The molecule has 1 aliphatic heterocycles. The number of piperazine rings is 1. The summed E-state index contributed by atoms with van der Waals surface area (Å²) in [6, 6.07) is 10.8. The first kappa shape index (κ1) is 16.9. The van der Waals surface area contributed by atoms with E-state index in [0.29, 0.717) is 18.8 Å². The van der Waals surface area contributed by atoms with Gasteiger partial charge in [-0.25, -0.2) is 4.68 Å². The van der Waals surface area contributed by atoms with Crippen molar-refractivity contribution in [3.63, 3.8) is 0 Å². The fraction of sp³-hybridized carbons (Fsp3) is 0.353. The highest BCUT2D eigenvalue weighted by Gasteiger charge is 2.20. The van der Waals surface area contributed by atoms with Gasteiger partial charge < -0.3 is 9.80 Å². The number of benzene rings is 1. The van der Waals surface area contributed by atoms with Crippen LogP contribution in [0.1, 0.15) is 0 Å². The molecule has 1 saturated heterocycles. The fourth-order valence-corrected chi connectivity index (χ4v) is 2.89. The van der Waals surface area contributed by atoms with Crippen LogP contribution in [0.2, 0.25) is 0 Å². The zero-order chi connectivity index (χ0) is 17.1. The van der Waals surface area contributed by atoms with Gasteiger partial charge in [0, 0.05) is 42.3 Å². The molecular weight excluding hydrogens is 372 g/mol. The molecule has 7 heteroatoms. The number of amides is 1. The molecule has 24 heavy (non-hydrogen) atoms. The molecule has 0 spiro atoms. The van der Waals surface area contributed by atoms with Gasteiger partial charge in [0.25, 0.3) is 5.56 Å². The lowest BCUT2D eigenvalue weighted by Gasteiger charge is -2.32. The summed E-state index contributed by atoms with van der Waals surface area (Å²) in [5, 5.41) is 4.35. The van der Waals surface area contributed by atoms with Gasteiger partial charge in [-0.2, -0.15) is 5.10 Å². The molecule has 126 valence electrons. The van der Waals surface area contributed by atoms with E-state index >= 15 is 0 Å². The second-order valence-corrected chi connectivity index (χ2v) is 6.82. The van der Waals surface area contributed by atoms with Crippen molar-refractivity contribution in [1.82, 2.24) is 19.6 Å². The number of hydrogen-bond acceptors (Lipinski definition) is 4. The summed E-state index contributed by atoms with van der Waals surface area (Å²) < 4.78 is 2.22. The largest absolute Gasteiger partial charge is 0.339 e. The summed E-state index contributed by atoms with van der Waals surface area (Å²) in [5.41, 5.74) is 1.31. The Bertz CT molecular complexity index is 780. The summed E-state index contributed by atoms with van der Waals surface area (Å²) in [7, 11) is 2.04. The molecule has 0 saturated carbocycles. The van der Waals surface area contributed by atoms with Crippen LogP contribution >= 0.6 is 15.9 Å². The molecule has 0 aliphatic carbocycles.